The highest BCUT2D eigenvalue weighted by Crippen LogP contribution is 2.30. The second-order valence-electron chi connectivity index (χ2n) is 9.43. The van der Waals surface area contributed by atoms with Gasteiger partial charge in [-0.2, -0.15) is 10.1 Å². The van der Waals surface area contributed by atoms with Crippen molar-refractivity contribution in [3.8, 4) is 22.9 Å². The van der Waals surface area contributed by atoms with Gasteiger partial charge in [-0.15, -0.1) is 0 Å². The van der Waals surface area contributed by atoms with Crippen molar-refractivity contribution in [3.63, 3.8) is 0 Å². The van der Waals surface area contributed by atoms with Gasteiger partial charge in [-0.05, 0) is 37.1 Å². The average Bonchev–Trinajstić information content (AvgIpc) is 3.32. The lowest BCUT2D eigenvalue weighted by atomic mass is 10.00. The molecule has 1 aliphatic heterocycles. The number of aryl methyl sites for hydroxylation is 3. The van der Waals surface area contributed by atoms with Crippen molar-refractivity contribution in [2.75, 3.05) is 24.9 Å². The largest absolute Gasteiger partial charge is 0.497 e. The highest BCUT2D eigenvalue weighted by atomic mass is 32.2. The van der Waals surface area contributed by atoms with E-state index in [2.05, 4.69) is 19.8 Å². The van der Waals surface area contributed by atoms with Gasteiger partial charge in [0.05, 0.1) is 37.7 Å². The number of hydrogen-bond acceptors (Lipinski definition) is 8. The maximum absolute atomic E-state index is 14.4. The molecule has 2 aromatic heterocycles. The Morgan fingerprint density at radius 1 is 1.10 bits per heavy atom. The number of carbonyl (C=O) groups excluding carboxylic acids is 1. The molecule has 1 aliphatic rings. The van der Waals surface area contributed by atoms with Crippen LogP contribution in [0.25, 0.3) is 11.3 Å². The minimum absolute atomic E-state index is 0.0440. The third kappa shape index (κ3) is 5.45. The fourth-order valence-corrected chi connectivity index (χ4v) is 5.34. The molecule has 40 heavy (non-hydrogen) atoms. The fourth-order valence-electron chi connectivity index (χ4n) is 4.41. The molecule has 1 saturated heterocycles. The van der Waals surface area contributed by atoms with E-state index in [0.717, 1.165) is 22.8 Å². The summed E-state index contributed by atoms with van der Waals surface area (Å²) >= 11 is 0. The highest BCUT2D eigenvalue weighted by Gasteiger charge is 2.34. The first-order chi connectivity index (χ1) is 19.0. The van der Waals surface area contributed by atoms with E-state index < -0.39 is 27.9 Å². The molecule has 11 nitrogen and oxygen atoms in total. The van der Waals surface area contributed by atoms with E-state index >= 15 is 0 Å². The number of rotatable bonds is 8. The van der Waals surface area contributed by atoms with Gasteiger partial charge in [-0.3, -0.25) is 9.48 Å². The molecule has 0 saturated carbocycles. The first-order valence-electron chi connectivity index (χ1n) is 12.3. The van der Waals surface area contributed by atoms with Gasteiger partial charge in [-0.25, -0.2) is 22.5 Å². The molecule has 0 aliphatic carbocycles. The van der Waals surface area contributed by atoms with Gasteiger partial charge < -0.3 is 14.4 Å². The third-order valence-corrected chi connectivity index (χ3v) is 7.77. The Kier molecular flexibility index (Phi) is 7.15. The van der Waals surface area contributed by atoms with Crippen LogP contribution in [0.5, 0.6) is 11.6 Å². The van der Waals surface area contributed by atoms with Gasteiger partial charge in [0.1, 0.15) is 22.6 Å². The van der Waals surface area contributed by atoms with Crippen molar-refractivity contribution in [3.05, 3.63) is 77.4 Å². The van der Waals surface area contributed by atoms with E-state index in [9.17, 15) is 17.6 Å². The number of hydrogen-bond donors (Lipinski definition) is 1. The Bertz CT molecular complexity index is 1680. The maximum Gasteiger partial charge on any atom is 0.267 e. The SMILES string of the molecule is COc1ccc(C(=O)N2CC(Oc3cc(-c4c(C)cccc4C)nc(NS(=O)(=O)c4cnn(C)c4)n3)C2)c(F)c1. The van der Waals surface area contributed by atoms with Crippen LogP contribution in [0.15, 0.2) is 59.8 Å². The van der Waals surface area contributed by atoms with E-state index in [1.165, 1.54) is 41.2 Å². The summed E-state index contributed by atoms with van der Waals surface area (Å²) in [5, 5.41) is 3.92. The third-order valence-electron chi connectivity index (χ3n) is 6.49. The zero-order valence-electron chi connectivity index (χ0n) is 22.3. The van der Waals surface area contributed by atoms with Crippen molar-refractivity contribution in [2.45, 2.75) is 24.8 Å². The van der Waals surface area contributed by atoms with E-state index in [-0.39, 0.29) is 35.4 Å². The van der Waals surface area contributed by atoms with Gasteiger partial charge in [-0.1, -0.05) is 18.2 Å². The van der Waals surface area contributed by atoms with Gasteiger partial charge >= 0.3 is 0 Å². The average molecular weight is 567 g/mol. The Labute approximate surface area is 230 Å². The molecular formula is C27H27FN6O5S. The predicted molar refractivity (Wildman–Crippen MR) is 144 cm³/mol. The van der Waals surface area contributed by atoms with E-state index in [1.54, 1.807) is 13.1 Å². The molecule has 208 valence electrons. The molecule has 0 spiro atoms. The van der Waals surface area contributed by atoms with Crippen LogP contribution in [-0.2, 0) is 17.1 Å². The molecule has 0 atom stereocenters. The van der Waals surface area contributed by atoms with Crippen LogP contribution in [0.2, 0.25) is 0 Å². The van der Waals surface area contributed by atoms with E-state index in [4.69, 9.17) is 9.47 Å². The lowest BCUT2D eigenvalue weighted by Gasteiger charge is -2.38. The van der Waals surface area contributed by atoms with Crippen molar-refractivity contribution < 1.29 is 27.1 Å². The molecule has 0 radical (unpaired) electrons. The number of sulfonamides is 1. The summed E-state index contributed by atoms with van der Waals surface area (Å²) < 4.78 is 55.1. The highest BCUT2D eigenvalue weighted by molar-refractivity contribution is 7.92. The molecule has 2 aromatic carbocycles. The normalized spacial score (nSPS) is 13.6. The quantitative estimate of drug-likeness (QED) is 0.344. The Morgan fingerprint density at radius 3 is 2.45 bits per heavy atom. The number of nitrogens with zero attached hydrogens (tertiary/aromatic N) is 5. The Morgan fingerprint density at radius 2 is 1.82 bits per heavy atom. The first-order valence-corrected chi connectivity index (χ1v) is 13.8. The van der Waals surface area contributed by atoms with Gasteiger partial charge in [0.2, 0.25) is 11.8 Å². The van der Waals surface area contributed by atoms with Crippen LogP contribution < -0.4 is 14.2 Å². The summed E-state index contributed by atoms with van der Waals surface area (Å²) in [4.78, 5) is 23.0. The molecular weight excluding hydrogens is 539 g/mol. The maximum atomic E-state index is 14.4. The number of anilines is 1. The lowest BCUT2D eigenvalue weighted by molar-refractivity contribution is 0.0157. The molecule has 1 N–H and O–H groups in total. The number of halogens is 1. The van der Waals surface area contributed by atoms with Crippen molar-refractivity contribution in [1.82, 2.24) is 24.6 Å². The molecule has 1 amide bonds. The van der Waals surface area contributed by atoms with Crippen molar-refractivity contribution in [2.24, 2.45) is 7.05 Å². The summed E-state index contributed by atoms with van der Waals surface area (Å²) in [5.74, 6) is -0.870. The standard InChI is InChI=1S/C27H27FN6O5S/c1-16-6-5-7-17(2)25(16)23-11-24(31-27(30-23)32-40(36,37)20-12-29-33(3)15-20)39-19-13-34(14-19)26(35)21-9-8-18(38-4)10-22(21)28/h5-12,15,19H,13-14H2,1-4H3,(H,30,31,32). The van der Waals surface area contributed by atoms with Gasteiger partial charge in [0, 0.05) is 30.9 Å². The van der Waals surface area contributed by atoms with Gasteiger partial charge in [0.15, 0.2) is 0 Å². The number of ether oxygens (including phenoxy) is 2. The summed E-state index contributed by atoms with van der Waals surface area (Å²) in [7, 11) is -0.991. The summed E-state index contributed by atoms with van der Waals surface area (Å²) in [6, 6.07) is 11.5. The fraction of sp³-hybridized carbons (Fsp3) is 0.259. The summed E-state index contributed by atoms with van der Waals surface area (Å²) in [6.45, 7) is 4.25. The molecule has 0 unspecified atom stereocenters. The molecule has 13 heteroatoms. The number of amides is 1. The molecule has 0 bridgehead atoms. The molecule has 3 heterocycles. The summed E-state index contributed by atoms with van der Waals surface area (Å²) in [5.41, 5.74) is 3.10. The number of likely N-dealkylation sites (tertiary alicyclic amines) is 1. The second-order valence-corrected chi connectivity index (χ2v) is 11.1. The van der Waals surface area contributed by atoms with Gasteiger partial charge in [0.25, 0.3) is 15.9 Å². The molecule has 1 fully saturated rings. The van der Waals surface area contributed by atoms with Crippen LogP contribution in [-0.4, -0.2) is 65.3 Å². The minimum atomic E-state index is -4.02. The van der Waals surface area contributed by atoms with E-state index in [1.807, 2.05) is 32.0 Å². The number of benzene rings is 2. The van der Waals surface area contributed by atoms with Crippen LogP contribution in [0.3, 0.4) is 0 Å². The zero-order chi connectivity index (χ0) is 28.6. The second kappa shape index (κ2) is 10.6. The predicted octanol–water partition coefficient (Wildman–Crippen LogP) is 3.35. The number of nitrogens with one attached hydrogen (secondary N) is 1. The summed E-state index contributed by atoms with van der Waals surface area (Å²) in [6.07, 6.45) is 2.15. The van der Waals surface area contributed by atoms with E-state index in [0.29, 0.717) is 11.4 Å². The Hall–Kier alpha value is -4.52. The number of methoxy groups -OCH3 is 1. The van der Waals surface area contributed by atoms with Crippen LogP contribution >= 0.6 is 0 Å². The van der Waals surface area contributed by atoms with Crippen LogP contribution in [0.4, 0.5) is 10.3 Å². The van der Waals surface area contributed by atoms with Crippen LogP contribution in [0.1, 0.15) is 21.5 Å². The first kappa shape index (κ1) is 27.1. The minimum Gasteiger partial charge on any atom is -0.497 e. The van der Waals surface area contributed by atoms with Crippen molar-refractivity contribution in [1.29, 1.82) is 0 Å². The topological polar surface area (TPSA) is 129 Å². The Balaban J connectivity index is 1.39. The monoisotopic (exact) mass is 566 g/mol. The molecule has 5 rings (SSSR count). The van der Waals surface area contributed by atoms with Crippen molar-refractivity contribution >= 4 is 21.9 Å². The van der Waals surface area contributed by atoms with Crippen LogP contribution in [0, 0.1) is 19.7 Å². The zero-order valence-corrected chi connectivity index (χ0v) is 23.1. The number of aromatic nitrogens is 4. The lowest BCUT2D eigenvalue weighted by Crippen LogP contribution is -2.56. The molecule has 4 aromatic rings. The smallest absolute Gasteiger partial charge is 0.267 e. The number of carbonyl (C=O) groups is 1.